The maximum absolute atomic E-state index is 13.7. The van der Waals surface area contributed by atoms with Gasteiger partial charge in [-0.1, -0.05) is 65.8 Å². The third-order valence-corrected chi connectivity index (χ3v) is 8.94. The van der Waals surface area contributed by atoms with Crippen molar-refractivity contribution in [3.8, 4) is 11.4 Å². The molecule has 0 unspecified atom stereocenters. The Balaban J connectivity index is 1.19. The second-order valence-electron chi connectivity index (χ2n) is 9.91. The van der Waals surface area contributed by atoms with Crippen LogP contribution in [0, 0.1) is 5.82 Å². The van der Waals surface area contributed by atoms with E-state index < -0.39 is 0 Å². The Morgan fingerprint density at radius 3 is 2.60 bits per heavy atom. The number of nitrogens with zero attached hydrogens (tertiary/aromatic N) is 5. The molecule has 3 heterocycles. The van der Waals surface area contributed by atoms with Crippen molar-refractivity contribution in [2.24, 2.45) is 5.10 Å². The number of thiophene rings is 1. The lowest BCUT2D eigenvalue weighted by molar-refractivity contribution is -0.130. The van der Waals surface area contributed by atoms with Crippen LogP contribution in [0.1, 0.15) is 28.7 Å². The number of benzene rings is 3. The van der Waals surface area contributed by atoms with Crippen LogP contribution in [-0.4, -0.2) is 49.7 Å². The summed E-state index contributed by atoms with van der Waals surface area (Å²) < 4.78 is 21.0. The van der Waals surface area contributed by atoms with Crippen LogP contribution in [0.2, 0.25) is 5.02 Å². The number of thioether (sulfide) groups is 1. The fraction of sp³-hybridized carbons (Fsp3) is 0.156. The zero-order valence-electron chi connectivity index (χ0n) is 23.7. The van der Waals surface area contributed by atoms with Gasteiger partial charge >= 0.3 is 0 Å². The van der Waals surface area contributed by atoms with Gasteiger partial charge in [-0.3, -0.25) is 14.2 Å². The van der Waals surface area contributed by atoms with Gasteiger partial charge in [0.2, 0.25) is 0 Å². The highest BCUT2D eigenvalue weighted by Crippen LogP contribution is 2.35. The molecule has 0 spiro atoms. The average molecular weight is 661 g/mol. The number of hydrogen-bond acceptors (Lipinski definition) is 8. The van der Waals surface area contributed by atoms with Crippen LogP contribution in [0.3, 0.4) is 0 Å². The van der Waals surface area contributed by atoms with Gasteiger partial charge < -0.3 is 10.1 Å². The zero-order valence-corrected chi connectivity index (χ0v) is 26.1. The summed E-state index contributed by atoms with van der Waals surface area (Å²) in [5, 5.41) is 20.5. The molecule has 9 nitrogen and oxygen atoms in total. The van der Waals surface area contributed by atoms with E-state index >= 15 is 0 Å². The lowest BCUT2D eigenvalue weighted by atomic mass is 10.0. The van der Waals surface area contributed by atoms with E-state index in [9.17, 15) is 14.0 Å². The second kappa shape index (κ2) is 14.1. The van der Waals surface area contributed by atoms with Gasteiger partial charge in [0.05, 0.1) is 34.6 Å². The van der Waals surface area contributed by atoms with Crippen molar-refractivity contribution in [3.63, 3.8) is 0 Å². The molecule has 45 heavy (non-hydrogen) atoms. The lowest BCUT2D eigenvalue weighted by Gasteiger charge is -2.22. The molecule has 6 rings (SSSR count). The maximum Gasteiger partial charge on any atom is 0.258 e. The summed E-state index contributed by atoms with van der Waals surface area (Å²) in [6.07, 6.45) is 0.513. The van der Waals surface area contributed by atoms with E-state index in [2.05, 4.69) is 15.5 Å². The summed E-state index contributed by atoms with van der Waals surface area (Å²) in [7, 11) is 0. The van der Waals surface area contributed by atoms with Crippen molar-refractivity contribution < 1.29 is 18.7 Å². The first kappa shape index (κ1) is 30.5. The second-order valence-corrected chi connectivity index (χ2v) is 12.2. The van der Waals surface area contributed by atoms with E-state index in [1.165, 1.54) is 28.9 Å². The van der Waals surface area contributed by atoms with Gasteiger partial charge in [0.1, 0.15) is 11.6 Å². The molecular formula is C32H26ClFN6O3S2. The summed E-state index contributed by atoms with van der Waals surface area (Å²) in [6.45, 7) is -0.0945. The highest BCUT2D eigenvalue weighted by atomic mass is 35.5. The first-order valence-electron chi connectivity index (χ1n) is 13.9. The van der Waals surface area contributed by atoms with Crippen LogP contribution >= 0.6 is 34.7 Å². The summed E-state index contributed by atoms with van der Waals surface area (Å²) in [6, 6.07) is 25.9. The molecule has 0 fully saturated rings. The largest absolute Gasteiger partial charge is 0.484 e. The number of nitrogens with one attached hydrogen (secondary N) is 1. The first-order valence-corrected chi connectivity index (χ1v) is 16.2. The van der Waals surface area contributed by atoms with Gasteiger partial charge in [0, 0.05) is 11.4 Å². The van der Waals surface area contributed by atoms with Gasteiger partial charge in [-0.25, -0.2) is 9.40 Å². The van der Waals surface area contributed by atoms with E-state index in [-0.39, 0.29) is 42.6 Å². The topological polar surface area (TPSA) is 102 Å². The number of carbonyl (C=O) groups excluding carboxylic acids is 2. The molecule has 1 N–H and O–H groups in total. The molecule has 0 aliphatic carbocycles. The normalized spacial score (nSPS) is 14.3. The standard InChI is InChI=1S/C32H26ClFN6O3S2/c33-22-6-4-7-24(16-22)39-29(18-35-30(41)19-43-25-8-2-1-3-9-25)36-37-32(39)45-20-31(42)40-27(21-11-13-23(34)14-12-21)17-26(38-40)28-10-5-15-44-28/h1-16,27H,17-20H2,(H,35,41)/t27-/m1/s1. The van der Waals surface area contributed by atoms with Crippen molar-refractivity contribution in [1.82, 2.24) is 25.1 Å². The fourth-order valence-electron chi connectivity index (χ4n) is 4.75. The van der Waals surface area contributed by atoms with Crippen LogP contribution in [-0.2, 0) is 16.1 Å². The van der Waals surface area contributed by atoms with Crippen molar-refractivity contribution in [1.29, 1.82) is 0 Å². The average Bonchev–Trinajstić information content (AvgIpc) is 3.83. The molecule has 5 aromatic rings. The van der Waals surface area contributed by atoms with Crippen molar-refractivity contribution in [2.45, 2.75) is 24.2 Å². The van der Waals surface area contributed by atoms with Gasteiger partial charge in [-0.2, -0.15) is 5.10 Å². The van der Waals surface area contributed by atoms with Crippen molar-refractivity contribution >= 4 is 52.2 Å². The van der Waals surface area contributed by atoms with Crippen molar-refractivity contribution in [3.05, 3.63) is 123 Å². The molecule has 13 heteroatoms. The predicted octanol–water partition coefficient (Wildman–Crippen LogP) is 6.29. The Morgan fingerprint density at radius 1 is 1.02 bits per heavy atom. The zero-order chi connectivity index (χ0) is 31.2. The molecule has 1 aliphatic rings. The van der Waals surface area contributed by atoms with Gasteiger partial charge in [-0.15, -0.1) is 21.5 Å². The maximum atomic E-state index is 13.7. The van der Waals surface area contributed by atoms with Crippen LogP contribution in [0.5, 0.6) is 5.75 Å². The van der Waals surface area contributed by atoms with Crippen LogP contribution in [0.25, 0.3) is 5.69 Å². The van der Waals surface area contributed by atoms with Crippen LogP contribution < -0.4 is 10.1 Å². The molecule has 228 valence electrons. The van der Waals surface area contributed by atoms with E-state index in [0.29, 0.717) is 33.9 Å². The molecule has 2 aromatic heterocycles. The van der Waals surface area contributed by atoms with E-state index in [0.717, 1.165) is 16.2 Å². The van der Waals surface area contributed by atoms with E-state index in [1.807, 2.05) is 41.8 Å². The number of hydrazone groups is 1. The minimum Gasteiger partial charge on any atom is -0.484 e. The Morgan fingerprint density at radius 2 is 1.84 bits per heavy atom. The highest BCUT2D eigenvalue weighted by Gasteiger charge is 2.33. The minimum atomic E-state index is -0.370. The van der Waals surface area contributed by atoms with Gasteiger partial charge in [-0.05, 0) is 59.5 Å². The quantitative estimate of drug-likeness (QED) is 0.167. The smallest absolute Gasteiger partial charge is 0.258 e. The Hall–Kier alpha value is -4.52. The molecule has 3 aromatic carbocycles. The SMILES string of the molecule is O=C(COc1ccccc1)NCc1nnc(SCC(=O)N2N=C(c3cccs3)C[C@@H]2c2ccc(F)cc2)n1-c1cccc(Cl)c1. The minimum absolute atomic E-state index is 0.00882. The Labute approximate surface area is 271 Å². The molecule has 0 radical (unpaired) electrons. The summed E-state index contributed by atoms with van der Waals surface area (Å²) in [4.78, 5) is 27.2. The summed E-state index contributed by atoms with van der Waals surface area (Å²) in [5.41, 5.74) is 2.27. The number of para-hydroxylation sites is 1. The molecule has 1 aliphatic heterocycles. The lowest BCUT2D eigenvalue weighted by Crippen LogP contribution is -2.29. The molecule has 1 atom stereocenters. The Bertz CT molecular complexity index is 1820. The number of amides is 2. The number of rotatable bonds is 11. The first-order chi connectivity index (χ1) is 21.9. The van der Waals surface area contributed by atoms with Crippen molar-refractivity contribution in [2.75, 3.05) is 12.4 Å². The van der Waals surface area contributed by atoms with Crippen LogP contribution in [0.4, 0.5) is 4.39 Å². The number of ether oxygens (including phenoxy) is 1. The molecule has 0 saturated carbocycles. The number of hydrogen-bond donors (Lipinski definition) is 1. The van der Waals surface area contributed by atoms with Gasteiger partial charge in [0.25, 0.3) is 11.8 Å². The fourth-order valence-corrected chi connectivity index (χ4v) is 6.47. The number of aromatic nitrogens is 3. The third-order valence-electron chi connectivity index (χ3n) is 6.87. The molecule has 0 saturated heterocycles. The van der Waals surface area contributed by atoms with E-state index in [4.69, 9.17) is 21.4 Å². The molecule has 0 bridgehead atoms. The molecule has 2 amide bonds. The number of carbonyl (C=O) groups is 2. The Kier molecular flexibility index (Phi) is 9.53. The third kappa shape index (κ3) is 7.42. The summed E-state index contributed by atoms with van der Waals surface area (Å²) >= 11 is 9.05. The highest BCUT2D eigenvalue weighted by molar-refractivity contribution is 7.99. The predicted molar refractivity (Wildman–Crippen MR) is 172 cm³/mol. The monoisotopic (exact) mass is 660 g/mol. The van der Waals surface area contributed by atoms with E-state index in [1.54, 1.807) is 58.4 Å². The van der Waals surface area contributed by atoms with Gasteiger partial charge in [0.15, 0.2) is 17.6 Å². The number of halogens is 2. The van der Waals surface area contributed by atoms with Crippen LogP contribution in [0.15, 0.2) is 107 Å². The molecular weight excluding hydrogens is 635 g/mol. The summed E-state index contributed by atoms with van der Waals surface area (Å²) in [5.74, 6) is 0.127.